The van der Waals surface area contributed by atoms with Gasteiger partial charge in [-0.2, -0.15) is 13.5 Å². The fourth-order valence-corrected chi connectivity index (χ4v) is 8.11. The van der Waals surface area contributed by atoms with Crippen LogP contribution in [-0.2, 0) is 24.5 Å². The van der Waals surface area contributed by atoms with Crippen LogP contribution in [0.4, 0.5) is 5.13 Å². The lowest BCUT2D eigenvalue weighted by Crippen LogP contribution is -2.71. The number of aromatic nitrogens is 1. The maximum Gasteiger partial charge on any atom is 0.352 e. The molecule has 1 aromatic heterocycles. The number of nitrogens with one attached hydrogen (secondary N) is 1. The summed E-state index contributed by atoms with van der Waals surface area (Å²) >= 11 is 5.03. The normalized spacial score (nSPS) is 23.4. The molecule has 34 heavy (non-hydrogen) atoms. The predicted molar refractivity (Wildman–Crippen MR) is 130 cm³/mol. The number of thioether (sulfide) groups is 2. The number of carbonyl (C=O) groups is 3. The van der Waals surface area contributed by atoms with Crippen LogP contribution in [0.3, 0.4) is 0 Å². The lowest BCUT2D eigenvalue weighted by Gasteiger charge is -2.49. The lowest BCUT2D eigenvalue weighted by molar-refractivity contribution is -0.150. The summed E-state index contributed by atoms with van der Waals surface area (Å²) in [6.45, 7) is 1.87. The maximum absolute atomic E-state index is 12.8. The van der Waals surface area contributed by atoms with Crippen molar-refractivity contribution in [3.8, 4) is 0 Å². The summed E-state index contributed by atoms with van der Waals surface area (Å²) in [5.41, 5.74) is 5.61. The summed E-state index contributed by atoms with van der Waals surface area (Å²) < 4.78 is 35.0. The van der Waals surface area contributed by atoms with Crippen molar-refractivity contribution >= 4 is 84.9 Å². The van der Waals surface area contributed by atoms with Crippen molar-refractivity contribution < 1.29 is 32.5 Å². The average Bonchev–Trinajstić information content (AvgIpc) is 3.36. The number of carbonyl (C=O) groups excluding carboxylic acids is 2. The predicted octanol–water partition coefficient (Wildman–Crippen LogP) is 0.381. The number of β-lactam (4-membered cyclic amide) rings is 1. The van der Waals surface area contributed by atoms with Gasteiger partial charge in [-0.25, -0.2) is 14.2 Å². The van der Waals surface area contributed by atoms with Crippen LogP contribution in [0.15, 0.2) is 21.8 Å². The third-order valence-corrected chi connectivity index (χ3v) is 10.0. The first kappa shape index (κ1) is 25.1. The maximum atomic E-state index is 12.8. The second kappa shape index (κ2) is 9.57. The molecule has 0 saturated carbocycles. The van der Waals surface area contributed by atoms with E-state index in [0.717, 1.165) is 21.3 Å². The number of aliphatic carboxylic acids is 1. The standard InChI is InChI=1S/C16H18N6O7S5/c1-6-20-21(5-32-6)33-3-7-2-30-14-9(13(24)22(14)10(7)15(25)26)19-12(23)11(34(27,28)29)8-4-31-16(17)18-8/h4,9,11,14H,2-3,5H2,1H3,(H2,17,18)(H,19,23)(H,25,26)(H,27,28,29)/t9?,11?,14-/m0/s1. The Morgan fingerprint density at radius 1 is 1.44 bits per heavy atom. The molecule has 2 amide bonds. The van der Waals surface area contributed by atoms with Crippen molar-refractivity contribution in [1.29, 1.82) is 0 Å². The molecular formula is C16H18N6O7S5. The van der Waals surface area contributed by atoms with Crippen LogP contribution in [0.2, 0.25) is 0 Å². The van der Waals surface area contributed by atoms with Crippen molar-refractivity contribution in [2.45, 2.75) is 23.6 Å². The molecule has 0 bridgehead atoms. The summed E-state index contributed by atoms with van der Waals surface area (Å²) in [6, 6.07) is -1.16. The average molecular weight is 567 g/mol. The van der Waals surface area contributed by atoms with Gasteiger partial charge in [-0.1, -0.05) is 11.8 Å². The largest absolute Gasteiger partial charge is 0.477 e. The van der Waals surface area contributed by atoms with Crippen LogP contribution in [-0.4, -0.2) is 84.0 Å². The number of hydrogen-bond donors (Lipinski definition) is 4. The number of nitrogens with zero attached hydrogens (tertiary/aromatic N) is 4. The topological polar surface area (TPSA) is 196 Å². The number of thiazole rings is 1. The minimum atomic E-state index is -4.91. The number of nitrogens with two attached hydrogens (primary N) is 1. The first-order chi connectivity index (χ1) is 16.0. The summed E-state index contributed by atoms with van der Waals surface area (Å²) in [5.74, 6) is -1.88. The van der Waals surface area contributed by atoms with Crippen molar-refractivity contribution in [3.63, 3.8) is 0 Å². The van der Waals surface area contributed by atoms with Gasteiger partial charge in [-0.05, 0) is 24.4 Å². The third kappa shape index (κ3) is 4.87. The highest BCUT2D eigenvalue weighted by Crippen LogP contribution is 2.42. The first-order valence-electron chi connectivity index (χ1n) is 9.43. The van der Waals surface area contributed by atoms with E-state index in [0.29, 0.717) is 23.0 Å². The van der Waals surface area contributed by atoms with Gasteiger partial charge in [0.2, 0.25) is 11.2 Å². The van der Waals surface area contributed by atoms with Crippen LogP contribution in [0.5, 0.6) is 0 Å². The fourth-order valence-electron chi connectivity index (χ4n) is 3.45. The van der Waals surface area contributed by atoms with Crippen molar-refractivity contribution in [2.75, 3.05) is 23.1 Å². The molecule has 1 saturated heterocycles. The Balaban J connectivity index is 1.49. The summed E-state index contributed by atoms with van der Waals surface area (Å²) in [5, 5.41) is 15.7. The van der Waals surface area contributed by atoms with E-state index in [1.165, 1.54) is 29.1 Å². The second-order valence-corrected chi connectivity index (χ2v) is 12.8. The number of carboxylic acids is 1. The molecule has 0 radical (unpaired) electrons. The lowest BCUT2D eigenvalue weighted by atomic mass is 10.0. The Morgan fingerprint density at radius 3 is 2.74 bits per heavy atom. The summed E-state index contributed by atoms with van der Waals surface area (Å²) in [6.07, 6.45) is 0. The molecule has 18 heteroatoms. The van der Waals surface area contributed by atoms with Gasteiger partial charge in [0.25, 0.3) is 16.0 Å². The van der Waals surface area contributed by atoms with Crippen LogP contribution >= 0.6 is 46.8 Å². The van der Waals surface area contributed by atoms with Gasteiger partial charge in [0.1, 0.15) is 17.1 Å². The molecule has 4 heterocycles. The number of amides is 2. The molecule has 3 aliphatic heterocycles. The highest BCUT2D eigenvalue weighted by molar-refractivity contribution is 8.14. The smallest absolute Gasteiger partial charge is 0.352 e. The molecule has 1 fully saturated rings. The molecule has 3 aliphatic rings. The summed E-state index contributed by atoms with van der Waals surface area (Å²) in [4.78, 5) is 42.3. The first-order valence-corrected chi connectivity index (χ1v) is 14.8. The van der Waals surface area contributed by atoms with Gasteiger partial charge in [0.05, 0.1) is 16.6 Å². The Labute approximate surface area is 210 Å². The number of hydrogen-bond acceptors (Lipinski definition) is 13. The molecule has 3 atom stereocenters. The Bertz CT molecular complexity index is 1210. The molecule has 2 unspecified atom stereocenters. The van der Waals surface area contributed by atoms with E-state index in [4.69, 9.17) is 5.73 Å². The van der Waals surface area contributed by atoms with E-state index in [1.807, 2.05) is 6.92 Å². The van der Waals surface area contributed by atoms with Crippen LogP contribution < -0.4 is 11.1 Å². The highest BCUT2D eigenvalue weighted by atomic mass is 32.2. The molecule has 4 rings (SSSR count). The number of carboxylic acid groups (broad SMARTS) is 1. The molecule has 13 nitrogen and oxygen atoms in total. The van der Waals surface area contributed by atoms with E-state index in [1.54, 1.807) is 16.2 Å². The van der Waals surface area contributed by atoms with Gasteiger partial charge >= 0.3 is 5.97 Å². The van der Waals surface area contributed by atoms with Gasteiger partial charge in [0.15, 0.2) is 5.13 Å². The van der Waals surface area contributed by atoms with Crippen molar-refractivity contribution in [2.24, 2.45) is 5.10 Å². The molecule has 0 aromatic carbocycles. The number of anilines is 1. The number of rotatable bonds is 8. The highest BCUT2D eigenvalue weighted by Gasteiger charge is 2.55. The number of nitrogen functional groups attached to an aromatic ring is 1. The zero-order chi connectivity index (χ0) is 24.8. The number of hydrazone groups is 1. The minimum absolute atomic E-state index is 0.000179. The van der Waals surface area contributed by atoms with E-state index >= 15 is 0 Å². The quantitative estimate of drug-likeness (QED) is 0.192. The Hall–Kier alpha value is -1.99. The van der Waals surface area contributed by atoms with E-state index < -0.39 is 44.6 Å². The van der Waals surface area contributed by atoms with Gasteiger partial charge in [0, 0.05) is 16.9 Å². The molecule has 5 N–H and O–H groups in total. The van der Waals surface area contributed by atoms with E-state index in [2.05, 4.69) is 15.4 Å². The van der Waals surface area contributed by atoms with Crippen LogP contribution in [0.25, 0.3) is 0 Å². The third-order valence-electron chi connectivity index (χ3n) is 4.92. The zero-order valence-corrected chi connectivity index (χ0v) is 21.4. The molecule has 184 valence electrons. The van der Waals surface area contributed by atoms with Gasteiger partial charge in [-0.3, -0.25) is 19.0 Å². The van der Waals surface area contributed by atoms with Gasteiger partial charge in [-0.15, -0.1) is 23.1 Å². The van der Waals surface area contributed by atoms with E-state index in [9.17, 15) is 32.5 Å². The second-order valence-electron chi connectivity index (χ2n) is 7.18. The van der Waals surface area contributed by atoms with Crippen LogP contribution in [0, 0.1) is 0 Å². The SMILES string of the molecule is CC1=NN(SCC2=C(C(=O)O)N3C(=O)C(NC(=O)C(c4csc(N)n4)S(=O)(=O)O)[C@@H]3SC2)CS1. The molecule has 0 spiro atoms. The van der Waals surface area contributed by atoms with E-state index in [-0.39, 0.29) is 16.5 Å². The number of fused-ring (bicyclic) bond motifs is 1. The molecule has 0 aliphatic carbocycles. The zero-order valence-electron chi connectivity index (χ0n) is 17.3. The fraction of sp³-hybridized carbons (Fsp3) is 0.438. The van der Waals surface area contributed by atoms with Gasteiger partial charge < -0.3 is 16.2 Å². The minimum Gasteiger partial charge on any atom is -0.477 e. The van der Waals surface area contributed by atoms with Crippen molar-refractivity contribution in [1.82, 2.24) is 19.6 Å². The molecular weight excluding hydrogens is 549 g/mol. The summed E-state index contributed by atoms with van der Waals surface area (Å²) in [7, 11) is -4.91. The van der Waals surface area contributed by atoms with Crippen molar-refractivity contribution in [3.05, 3.63) is 22.3 Å². The van der Waals surface area contributed by atoms with Crippen LogP contribution in [0.1, 0.15) is 17.9 Å². The monoisotopic (exact) mass is 566 g/mol. The Morgan fingerprint density at radius 2 is 2.18 bits per heavy atom. The Kier molecular flexibility index (Phi) is 7.07. The molecule has 1 aromatic rings.